The minimum Gasteiger partial charge on any atom is -0.494 e. The van der Waals surface area contributed by atoms with Gasteiger partial charge in [-0.15, -0.1) is 0 Å². The number of rotatable bonds is 4. The lowest BCUT2D eigenvalue weighted by atomic mass is 10.2. The highest BCUT2D eigenvalue weighted by atomic mass is 19.1. The maximum absolute atomic E-state index is 13.5. The Balaban J connectivity index is 2.00. The summed E-state index contributed by atoms with van der Waals surface area (Å²) in [6, 6.07) is 14.2. The lowest BCUT2D eigenvalue weighted by Crippen LogP contribution is -2.22. The number of methoxy groups -OCH3 is 1. The lowest BCUT2D eigenvalue weighted by Gasteiger charge is -2.06. The fourth-order valence-electron chi connectivity index (χ4n) is 1.69. The molecule has 0 aliphatic rings. The molecule has 0 atom stereocenters. The molecule has 0 aliphatic heterocycles. The molecule has 0 saturated heterocycles. The van der Waals surface area contributed by atoms with Crippen molar-refractivity contribution in [2.75, 3.05) is 12.4 Å². The number of aliphatic imine (C=N–C) groups is 1. The molecule has 0 aliphatic carbocycles. The van der Waals surface area contributed by atoms with Crippen LogP contribution in [0.3, 0.4) is 0 Å². The SMILES string of the molecule is COc1ccc(CN=C(N)Nc2ccccc2)cc1F. The van der Waals surface area contributed by atoms with Crippen molar-refractivity contribution in [3.05, 3.63) is 59.9 Å². The van der Waals surface area contributed by atoms with Crippen molar-refractivity contribution in [2.24, 2.45) is 10.7 Å². The van der Waals surface area contributed by atoms with Crippen LogP contribution in [0.4, 0.5) is 10.1 Å². The van der Waals surface area contributed by atoms with Crippen LogP contribution in [0.15, 0.2) is 53.5 Å². The average Bonchev–Trinajstić information content (AvgIpc) is 2.46. The van der Waals surface area contributed by atoms with Crippen LogP contribution in [-0.2, 0) is 6.54 Å². The van der Waals surface area contributed by atoms with Gasteiger partial charge in [0.2, 0.25) is 0 Å². The molecule has 3 N–H and O–H groups in total. The van der Waals surface area contributed by atoms with Crippen LogP contribution in [0.5, 0.6) is 5.75 Å². The van der Waals surface area contributed by atoms with Gasteiger partial charge in [0.1, 0.15) is 0 Å². The maximum atomic E-state index is 13.5. The van der Waals surface area contributed by atoms with Crippen LogP contribution in [0.2, 0.25) is 0 Å². The number of guanidine groups is 1. The topological polar surface area (TPSA) is 59.6 Å². The van der Waals surface area contributed by atoms with Crippen LogP contribution in [0, 0.1) is 5.82 Å². The van der Waals surface area contributed by atoms with Gasteiger partial charge in [0, 0.05) is 5.69 Å². The zero-order valence-electron chi connectivity index (χ0n) is 11.1. The first-order valence-electron chi connectivity index (χ1n) is 6.13. The van der Waals surface area contributed by atoms with Gasteiger partial charge in [0.05, 0.1) is 13.7 Å². The predicted molar refractivity (Wildman–Crippen MR) is 78.3 cm³/mol. The smallest absolute Gasteiger partial charge is 0.193 e. The van der Waals surface area contributed by atoms with E-state index >= 15 is 0 Å². The monoisotopic (exact) mass is 273 g/mol. The number of halogens is 1. The molecule has 0 radical (unpaired) electrons. The van der Waals surface area contributed by atoms with Crippen LogP contribution in [0.1, 0.15) is 5.56 Å². The Hall–Kier alpha value is -2.56. The Labute approximate surface area is 117 Å². The molecule has 0 heterocycles. The highest BCUT2D eigenvalue weighted by molar-refractivity contribution is 5.92. The van der Waals surface area contributed by atoms with Crippen molar-refractivity contribution in [3.8, 4) is 5.75 Å². The van der Waals surface area contributed by atoms with Crippen molar-refractivity contribution < 1.29 is 9.13 Å². The van der Waals surface area contributed by atoms with Gasteiger partial charge in [0.25, 0.3) is 0 Å². The quantitative estimate of drug-likeness (QED) is 0.665. The van der Waals surface area contributed by atoms with E-state index in [2.05, 4.69) is 10.3 Å². The van der Waals surface area contributed by atoms with E-state index < -0.39 is 5.82 Å². The normalized spacial score (nSPS) is 11.2. The Morgan fingerprint density at radius 3 is 2.65 bits per heavy atom. The number of nitrogens with two attached hydrogens (primary N) is 1. The second-order valence-electron chi connectivity index (χ2n) is 4.16. The molecule has 0 unspecified atom stereocenters. The molecular weight excluding hydrogens is 257 g/mol. The van der Waals surface area contributed by atoms with Crippen molar-refractivity contribution in [1.29, 1.82) is 0 Å². The van der Waals surface area contributed by atoms with Gasteiger partial charge in [0.15, 0.2) is 17.5 Å². The molecule has 0 bridgehead atoms. The summed E-state index contributed by atoms with van der Waals surface area (Å²) in [7, 11) is 1.43. The van der Waals surface area contributed by atoms with Crippen molar-refractivity contribution in [2.45, 2.75) is 6.54 Å². The number of hydrogen-bond acceptors (Lipinski definition) is 2. The fourth-order valence-corrected chi connectivity index (χ4v) is 1.69. The average molecular weight is 273 g/mol. The summed E-state index contributed by atoms with van der Waals surface area (Å²) in [6.07, 6.45) is 0. The second kappa shape index (κ2) is 6.56. The third-order valence-corrected chi connectivity index (χ3v) is 2.69. The first-order chi connectivity index (χ1) is 9.69. The molecule has 0 amide bonds. The van der Waals surface area contributed by atoms with Gasteiger partial charge in [-0.05, 0) is 29.8 Å². The van der Waals surface area contributed by atoms with E-state index in [1.807, 2.05) is 30.3 Å². The van der Waals surface area contributed by atoms with Crippen molar-refractivity contribution >= 4 is 11.6 Å². The predicted octanol–water partition coefficient (Wildman–Crippen LogP) is 2.76. The molecule has 0 aromatic heterocycles. The number of nitrogens with one attached hydrogen (secondary N) is 1. The van der Waals surface area contributed by atoms with Gasteiger partial charge in [-0.3, -0.25) is 0 Å². The summed E-state index contributed by atoms with van der Waals surface area (Å²) in [6.45, 7) is 0.298. The summed E-state index contributed by atoms with van der Waals surface area (Å²) in [4.78, 5) is 4.16. The van der Waals surface area contributed by atoms with E-state index in [1.165, 1.54) is 13.2 Å². The number of nitrogens with zero attached hydrogens (tertiary/aromatic N) is 1. The zero-order valence-corrected chi connectivity index (χ0v) is 11.1. The van der Waals surface area contributed by atoms with Gasteiger partial charge >= 0.3 is 0 Å². The third kappa shape index (κ3) is 3.71. The Morgan fingerprint density at radius 1 is 1.25 bits per heavy atom. The van der Waals surface area contributed by atoms with Gasteiger partial charge in [-0.2, -0.15) is 0 Å². The van der Waals surface area contributed by atoms with Gasteiger partial charge in [-0.25, -0.2) is 9.38 Å². The molecule has 2 rings (SSSR count). The summed E-state index contributed by atoms with van der Waals surface area (Å²) < 4.78 is 18.4. The summed E-state index contributed by atoms with van der Waals surface area (Å²) >= 11 is 0. The molecule has 0 fully saturated rings. The number of benzene rings is 2. The van der Waals surface area contributed by atoms with E-state index in [-0.39, 0.29) is 11.7 Å². The molecule has 104 valence electrons. The van der Waals surface area contributed by atoms with Crippen LogP contribution in [0.25, 0.3) is 0 Å². The lowest BCUT2D eigenvalue weighted by molar-refractivity contribution is 0.386. The second-order valence-corrected chi connectivity index (χ2v) is 4.16. The van der Waals surface area contributed by atoms with Crippen LogP contribution >= 0.6 is 0 Å². The van der Waals surface area contributed by atoms with E-state index in [0.29, 0.717) is 6.54 Å². The van der Waals surface area contributed by atoms with Gasteiger partial charge < -0.3 is 15.8 Å². The minimum absolute atomic E-state index is 0.216. The molecule has 20 heavy (non-hydrogen) atoms. The van der Waals surface area contributed by atoms with Crippen LogP contribution < -0.4 is 15.8 Å². The highest BCUT2D eigenvalue weighted by Crippen LogP contribution is 2.18. The van der Waals surface area contributed by atoms with Crippen molar-refractivity contribution in [1.82, 2.24) is 0 Å². The number of anilines is 1. The van der Waals surface area contributed by atoms with E-state index in [4.69, 9.17) is 10.5 Å². The zero-order chi connectivity index (χ0) is 14.4. The molecule has 0 spiro atoms. The maximum Gasteiger partial charge on any atom is 0.193 e. The molecule has 2 aromatic rings. The standard InChI is InChI=1S/C15H16FN3O/c1-20-14-8-7-11(9-13(14)16)10-18-15(17)19-12-5-3-2-4-6-12/h2-9H,10H2,1H3,(H3,17,18,19). The summed E-state index contributed by atoms with van der Waals surface area (Å²) in [5.41, 5.74) is 7.35. The van der Waals surface area contributed by atoms with E-state index in [9.17, 15) is 4.39 Å². The summed E-state index contributed by atoms with van der Waals surface area (Å²) in [5.74, 6) is 0.0929. The fraction of sp³-hybridized carbons (Fsp3) is 0.133. The van der Waals surface area contributed by atoms with Gasteiger partial charge in [-0.1, -0.05) is 24.3 Å². The van der Waals surface area contributed by atoms with Crippen LogP contribution in [-0.4, -0.2) is 13.1 Å². The third-order valence-electron chi connectivity index (χ3n) is 2.69. The molecule has 0 saturated carbocycles. The Kier molecular flexibility index (Phi) is 4.55. The number of ether oxygens (including phenoxy) is 1. The summed E-state index contributed by atoms with van der Waals surface area (Å²) in [5, 5.41) is 2.96. The molecule has 5 heteroatoms. The highest BCUT2D eigenvalue weighted by Gasteiger charge is 2.03. The van der Waals surface area contributed by atoms with E-state index in [0.717, 1.165) is 11.3 Å². The molecular formula is C15H16FN3O. The first kappa shape index (κ1) is 13.9. The molecule has 2 aromatic carbocycles. The molecule has 4 nitrogen and oxygen atoms in total. The Morgan fingerprint density at radius 2 is 2.00 bits per heavy atom. The minimum atomic E-state index is -0.408. The Bertz CT molecular complexity index is 599. The number of hydrogen-bond donors (Lipinski definition) is 2. The van der Waals surface area contributed by atoms with Crippen molar-refractivity contribution in [3.63, 3.8) is 0 Å². The largest absolute Gasteiger partial charge is 0.494 e. The number of para-hydroxylation sites is 1. The first-order valence-corrected chi connectivity index (χ1v) is 6.13. The van der Waals surface area contributed by atoms with E-state index in [1.54, 1.807) is 12.1 Å².